The van der Waals surface area contributed by atoms with E-state index in [4.69, 9.17) is 5.73 Å². The second kappa shape index (κ2) is 10.4. The normalized spacial score (nSPS) is 16.6. The number of hydrogen-bond acceptors (Lipinski definition) is 8. The Labute approximate surface area is 195 Å². The minimum atomic E-state index is -0.502. The molecule has 1 fully saturated rings. The van der Waals surface area contributed by atoms with E-state index in [1.807, 2.05) is 25.4 Å². The fraction of sp³-hybridized carbons (Fsp3) is 0.520. The quantitative estimate of drug-likeness (QED) is 0.449. The van der Waals surface area contributed by atoms with Gasteiger partial charge in [0.25, 0.3) is 0 Å². The molecule has 1 aliphatic heterocycles. The number of hydrogen-bond donors (Lipinski definition) is 3. The molecule has 3 aromatic heterocycles. The predicted octanol–water partition coefficient (Wildman–Crippen LogP) is 4.01. The maximum atomic E-state index is 9.97. The Morgan fingerprint density at radius 2 is 1.88 bits per heavy atom. The predicted molar refractivity (Wildman–Crippen MR) is 133 cm³/mol. The fourth-order valence-electron chi connectivity index (χ4n) is 4.35. The Morgan fingerprint density at radius 3 is 2.58 bits per heavy atom. The van der Waals surface area contributed by atoms with Crippen LogP contribution in [-0.4, -0.2) is 55.2 Å². The van der Waals surface area contributed by atoms with Crippen molar-refractivity contribution in [3.63, 3.8) is 0 Å². The third-order valence-corrected chi connectivity index (χ3v) is 6.40. The van der Waals surface area contributed by atoms with Crippen LogP contribution < -0.4 is 11.1 Å². The van der Waals surface area contributed by atoms with E-state index in [-0.39, 0.29) is 12.6 Å². The molecule has 1 unspecified atom stereocenters. The first-order valence-electron chi connectivity index (χ1n) is 12.0. The van der Waals surface area contributed by atoms with Crippen LogP contribution in [0.15, 0.2) is 30.6 Å². The van der Waals surface area contributed by atoms with Gasteiger partial charge in [-0.1, -0.05) is 32.3 Å². The van der Waals surface area contributed by atoms with Crippen LogP contribution in [0, 0.1) is 0 Å². The van der Waals surface area contributed by atoms with Crippen molar-refractivity contribution in [1.29, 1.82) is 0 Å². The second-order valence-corrected chi connectivity index (χ2v) is 9.34. The number of fused-ring (bicyclic) bond motifs is 1. The molecule has 3 aromatic rings. The number of nitrogens with two attached hydrogens (primary N) is 1. The van der Waals surface area contributed by atoms with E-state index in [2.05, 4.69) is 49.2 Å². The number of aromatic nitrogens is 4. The molecule has 4 N–H and O–H groups in total. The van der Waals surface area contributed by atoms with Crippen LogP contribution >= 0.6 is 0 Å². The van der Waals surface area contributed by atoms with Gasteiger partial charge in [0.1, 0.15) is 5.52 Å². The zero-order chi connectivity index (χ0) is 23.3. The summed E-state index contributed by atoms with van der Waals surface area (Å²) in [5, 5.41) is 13.3. The highest BCUT2D eigenvalue weighted by molar-refractivity contribution is 5.89. The smallest absolute Gasteiger partial charge is 0.222 e. The number of aliphatic hydroxyl groups is 1. The molecule has 0 spiro atoms. The first-order valence-corrected chi connectivity index (χ1v) is 12.0. The van der Waals surface area contributed by atoms with Crippen LogP contribution in [0.25, 0.3) is 22.2 Å². The van der Waals surface area contributed by atoms with E-state index in [1.54, 1.807) is 0 Å². The van der Waals surface area contributed by atoms with Gasteiger partial charge in [-0.15, -0.1) is 0 Å². The van der Waals surface area contributed by atoms with Crippen LogP contribution in [0.5, 0.6) is 0 Å². The van der Waals surface area contributed by atoms with Crippen LogP contribution in [0.4, 0.5) is 11.8 Å². The highest BCUT2D eigenvalue weighted by Crippen LogP contribution is 2.28. The minimum absolute atomic E-state index is 0.00800. The van der Waals surface area contributed by atoms with E-state index in [1.165, 1.54) is 19.3 Å². The summed E-state index contributed by atoms with van der Waals surface area (Å²) in [5.41, 5.74) is 9.82. The first kappa shape index (κ1) is 23.3. The number of likely N-dealkylation sites (tertiary alicyclic amines) is 1. The Hall–Kier alpha value is -2.84. The van der Waals surface area contributed by atoms with E-state index in [0.29, 0.717) is 16.9 Å². The van der Waals surface area contributed by atoms with Crippen molar-refractivity contribution in [3.05, 3.63) is 36.3 Å². The average Bonchev–Trinajstić information content (AvgIpc) is 2.83. The molecule has 1 aliphatic rings. The van der Waals surface area contributed by atoms with Gasteiger partial charge in [0.05, 0.1) is 23.4 Å². The highest BCUT2D eigenvalue weighted by atomic mass is 16.3. The fourth-order valence-corrected chi connectivity index (χ4v) is 4.35. The van der Waals surface area contributed by atoms with Crippen molar-refractivity contribution in [2.75, 3.05) is 30.7 Å². The van der Waals surface area contributed by atoms with E-state index in [0.717, 1.165) is 55.7 Å². The van der Waals surface area contributed by atoms with Gasteiger partial charge in [-0.3, -0.25) is 14.9 Å². The van der Waals surface area contributed by atoms with Gasteiger partial charge in [0.2, 0.25) is 5.95 Å². The van der Waals surface area contributed by atoms with E-state index in [9.17, 15) is 5.11 Å². The molecule has 8 nitrogen and oxygen atoms in total. The van der Waals surface area contributed by atoms with Crippen LogP contribution in [0.1, 0.15) is 58.1 Å². The van der Waals surface area contributed by atoms with E-state index >= 15 is 0 Å². The van der Waals surface area contributed by atoms with Crippen LogP contribution in [0.2, 0.25) is 0 Å². The number of piperidine rings is 1. The Morgan fingerprint density at radius 1 is 1.09 bits per heavy atom. The summed E-state index contributed by atoms with van der Waals surface area (Å²) in [5.74, 6) is 0.724. The van der Waals surface area contributed by atoms with Crippen molar-refractivity contribution in [3.8, 4) is 11.1 Å². The lowest BCUT2D eigenvalue weighted by molar-refractivity contribution is 0.212. The Balaban J connectivity index is 1.56. The molecule has 0 radical (unpaired) electrons. The summed E-state index contributed by atoms with van der Waals surface area (Å²) >= 11 is 0. The maximum Gasteiger partial charge on any atom is 0.222 e. The average molecular weight is 450 g/mol. The Kier molecular flexibility index (Phi) is 7.35. The number of nitrogens with zero attached hydrogens (tertiary/aromatic N) is 5. The van der Waals surface area contributed by atoms with Gasteiger partial charge in [0.15, 0.2) is 5.82 Å². The van der Waals surface area contributed by atoms with Crippen molar-refractivity contribution >= 4 is 22.8 Å². The summed E-state index contributed by atoms with van der Waals surface area (Å²) in [4.78, 5) is 20.6. The summed E-state index contributed by atoms with van der Waals surface area (Å²) in [6.07, 6.45) is 10.5. The zero-order valence-corrected chi connectivity index (χ0v) is 19.7. The lowest BCUT2D eigenvalue weighted by Crippen LogP contribution is -2.39. The number of aliphatic hydroxyl groups excluding tert-OH is 1. The van der Waals surface area contributed by atoms with Crippen LogP contribution in [-0.2, 0) is 6.54 Å². The van der Waals surface area contributed by atoms with E-state index < -0.39 is 5.54 Å². The summed E-state index contributed by atoms with van der Waals surface area (Å²) in [7, 11) is 0. The van der Waals surface area contributed by atoms with Gasteiger partial charge in [-0.2, -0.15) is 4.98 Å². The molecule has 0 aliphatic carbocycles. The molecule has 1 saturated heterocycles. The zero-order valence-electron chi connectivity index (χ0n) is 19.7. The molecule has 8 heteroatoms. The topological polar surface area (TPSA) is 113 Å². The maximum absolute atomic E-state index is 9.97. The number of nitrogen functional groups attached to an aromatic ring is 1. The summed E-state index contributed by atoms with van der Waals surface area (Å²) < 4.78 is 0. The monoisotopic (exact) mass is 449 g/mol. The minimum Gasteiger partial charge on any atom is -0.394 e. The van der Waals surface area contributed by atoms with Gasteiger partial charge < -0.3 is 16.2 Å². The lowest BCUT2D eigenvalue weighted by Gasteiger charge is -2.29. The van der Waals surface area contributed by atoms with Crippen molar-refractivity contribution in [2.45, 2.75) is 64.5 Å². The van der Waals surface area contributed by atoms with Crippen molar-refractivity contribution in [2.24, 2.45) is 0 Å². The molecule has 0 saturated carbocycles. The molecule has 0 aromatic carbocycles. The molecule has 176 valence electrons. The molecular weight excluding hydrogens is 414 g/mol. The SMILES string of the molecule is CCCCC(C)(CO)Nc1nc(N)nc2cc(-c3ccc(CN4CCCCC4)nc3)cnc12. The van der Waals surface area contributed by atoms with Gasteiger partial charge in [-0.05, 0) is 51.4 Å². The highest BCUT2D eigenvalue weighted by Gasteiger charge is 2.25. The van der Waals surface area contributed by atoms with Gasteiger partial charge in [0, 0.05) is 30.1 Å². The molecule has 0 bridgehead atoms. The second-order valence-electron chi connectivity index (χ2n) is 9.34. The number of pyridine rings is 2. The van der Waals surface area contributed by atoms with Crippen molar-refractivity contribution in [1.82, 2.24) is 24.8 Å². The molecule has 4 heterocycles. The molecular formula is C25H35N7O. The summed E-state index contributed by atoms with van der Waals surface area (Å²) in [6.45, 7) is 7.32. The van der Waals surface area contributed by atoms with Gasteiger partial charge >= 0.3 is 0 Å². The largest absolute Gasteiger partial charge is 0.394 e. The molecule has 4 rings (SSSR count). The third-order valence-electron chi connectivity index (χ3n) is 6.40. The standard InChI is InChI=1S/C25H35N7O/c1-3-4-10-25(2,17-33)31-23-22-21(29-24(26)30-23)13-19(15-28-22)18-8-9-20(27-14-18)16-32-11-6-5-7-12-32/h8-9,13-15,33H,3-7,10-12,16-17H2,1-2H3,(H3,26,29,30,31). The Bertz CT molecular complexity index is 1070. The summed E-state index contributed by atoms with van der Waals surface area (Å²) in [6, 6.07) is 6.15. The third kappa shape index (κ3) is 5.75. The number of rotatable bonds is 9. The molecule has 0 amide bonds. The molecule has 1 atom stereocenters. The number of unbranched alkanes of at least 4 members (excludes halogenated alkanes) is 1. The van der Waals surface area contributed by atoms with Crippen LogP contribution in [0.3, 0.4) is 0 Å². The number of nitrogens with one attached hydrogen (secondary N) is 1. The van der Waals surface area contributed by atoms with Gasteiger partial charge in [-0.25, -0.2) is 4.98 Å². The first-order chi connectivity index (χ1) is 16.0. The molecule has 33 heavy (non-hydrogen) atoms. The number of anilines is 2. The van der Waals surface area contributed by atoms with Crippen molar-refractivity contribution < 1.29 is 5.11 Å². The lowest BCUT2D eigenvalue weighted by atomic mass is 9.96.